The van der Waals surface area contributed by atoms with Crippen LogP contribution in [0.3, 0.4) is 0 Å². The number of aliphatic imine (C=N–C) groups is 1. The lowest BCUT2D eigenvalue weighted by atomic mass is 10.3. The molecule has 5 heteroatoms. The van der Waals surface area contributed by atoms with Crippen molar-refractivity contribution in [3.63, 3.8) is 0 Å². The molecular weight excluding hydrogens is 160 g/mol. The lowest BCUT2D eigenvalue weighted by Gasteiger charge is -1.97. The lowest BCUT2D eigenvalue weighted by molar-refractivity contribution is 1.02. The fraction of sp³-hybridized carbons (Fsp3) is 0.167. The highest BCUT2D eigenvalue weighted by atomic mass is 32.2. The Bertz CT molecular complexity index is 271. The zero-order valence-electron chi connectivity index (χ0n) is 5.69. The van der Waals surface area contributed by atoms with Crippen molar-refractivity contribution in [2.45, 2.75) is 0 Å². The predicted octanol–water partition coefficient (Wildman–Crippen LogP) is 0.432. The fourth-order valence-electron chi connectivity index (χ4n) is 0.811. The number of rotatable bonds is 1. The third-order valence-electron chi connectivity index (χ3n) is 1.31. The molecule has 1 aliphatic heterocycles. The average molecular weight is 166 g/mol. The molecule has 0 aromatic carbocycles. The van der Waals surface area contributed by atoms with E-state index < -0.39 is 0 Å². The highest BCUT2D eigenvalue weighted by Crippen LogP contribution is 2.08. The first-order chi connectivity index (χ1) is 5.47. The van der Waals surface area contributed by atoms with Crippen LogP contribution in [0.5, 0.6) is 0 Å². The third-order valence-corrected chi connectivity index (χ3v) is 1.91. The van der Waals surface area contributed by atoms with Gasteiger partial charge >= 0.3 is 0 Å². The molecule has 0 spiro atoms. The van der Waals surface area contributed by atoms with Crippen LogP contribution in [0.25, 0.3) is 0 Å². The van der Waals surface area contributed by atoms with E-state index in [0.717, 1.165) is 17.3 Å². The summed E-state index contributed by atoms with van der Waals surface area (Å²) in [6, 6.07) is 1.88. The molecule has 1 aromatic heterocycles. The molecule has 2 heterocycles. The quantitative estimate of drug-likeness (QED) is 0.615. The molecule has 0 radical (unpaired) electrons. The maximum Gasteiger partial charge on any atom is 0.140 e. The van der Waals surface area contributed by atoms with Gasteiger partial charge in [-0.1, -0.05) is 0 Å². The number of amidine groups is 1. The summed E-state index contributed by atoms with van der Waals surface area (Å²) in [5.41, 5.74) is 0.991. The van der Waals surface area contributed by atoms with Crippen LogP contribution in [0.4, 0.5) is 0 Å². The summed E-state index contributed by atoms with van der Waals surface area (Å²) in [4.78, 5) is 4.21. The molecule has 0 amide bonds. The average Bonchev–Trinajstić information content (AvgIpc) is 2.58. The Labute approximate surface area is 68.3 Å². The van der Waals surface area contributed by atoms with Crippen molar-refractivity contribution in [2.75, 3.05) is 5.88 Å². The first-order valence-corrected chi connectivity index (χ1v) is 4.15. The standard InChI is InChI=1S/C6H6N4S/c1-2-8-9-3-5(1)6-7-4-11-10-6/h1-3H,4H2,(H,7,10). The maximum atomic E-state index is 4.21. The molecule has 0 saturated carbocycles. The van der Waals surface area contributed by atoms with Gasteiger partial charge in [0, 0.05) is 5.56 Å². The van der Waals surface area contributed by atoms with Crippen LogP contribution < -0.4 is 4.72 Å². The van der Waals surface area contributed by atoms with Crippen molar-refractivity contribution in [1.82, 2.24) is 14.9 Å². The number of hydrogen-bond donors (Lipinski definition) is 1. The summed E-state index contributed by atoms with van der Waals surface area (Å²) >= 11 is 1.58. The van der Waals surface area contributed by atoms with Crippen LogP contribution in [0.2, 0.25) is 0 Å². The molecule has 0 unspecified atom stereocenters. The Morgan fingerprint density at radius 2 is 2.45 bits per heavy atom. The molecule has 4 nitrogen and oxygen atoms in total. The second-order valence-corrected chi connectivity index (χ2v) is 2.76. The molecule has 0 atom stereocenters. The highest BCUT2D eigenvalue weighted by molar-refractivity contribution is 7.98. The van der Waals surface area contributed by atoms with Crippen LogP contribution in [0.1, 0.15) is 5.56 Å². The van der Waals surface area contributed by atoms with Gasteiger partial charge in [-0.15, -0.1) is 0 Å². The summed E-state index contributed by atoms with van der Waals surface area (Å²) in [5.74, 6) is 1.67. The van der Waals surface area contributed by atoms with Crippen molar-refractivity contribution >= 4 is 17.8 Å². The fourth-order valence-corrected chi connectivity index (χ4v) is 1.39. The Morgan fingerprint density at radius 3 is 3.09 bits per heavy atom. The van der Waals surface area contributed by atoms with E-state index >= 15 is 0 Å². The van der Waals surface area contributed by atoms with Gasteiger partial charge in [-0.05, 0) is 18.0 Å². The zero-order chi connectivity index (χ0) is 7.52. The van der Waals surface area contributed by atoms with Gasteiger partial charge in [0.15, 0.2) is 0 Å². The van der Waals surface area contributed by atoms with Crippen molar-refractivity contribution in [2.24, 2.45) is 4.99 Å². The van der Waals surface area contributed by atoms with E-state index in [1.54, 1.807) is 24.3 Å². The van der Waals surface area contributed by atoms with E-state index in [1.165, 1.54) is 0 Å². The lowest BCUT2D eigenvalue weighted by Crippen LogP contribution is -2.12. The molecule has 2 rings (SSSR count). The summed E-state index contributed by atoms with van der Waals surface area (Å²) in [5, 5.41) is 7.43. The molecular formula is C6H6N4S. The van der Waals surface area contributed by atoms with Crippen LogP contribution in [0.15, 0.2) is 23.5 Å². The van der Waals surface area contributed by atoms with E-state index in [-0.39, 0.29) is 0 Å². The van der Waals surface area contributed by atoms with E-state index in [4.69, 9.17) is 0 Å². The van der Waals surface area contributed by atoms with Gasteiger partial charge in [-0.3, -0.25) is 4.99 Å². The third kappa shape index (κ3) is 1.32. The topological polar surface area (TPSA) is 50.2 Å². The monoisotopic (exact) mass is 166 g/mol. The molecule has 11 heavy (non-hydrogen) atoms. The maximum absolute atomic E-state index is 4.21. The number of nitrogens with zero attached hydrogens (tertiary/aromatic N) is 3. The second-order valence-electron chi connectivity index (χ2n) is 2.01. The number of hydrogen-bond acceptors (Lipinski definition) is 5. The molecule has 0 saturated heterocycles. The summed E-state index contributed by atoms with van der Waals surface area (Å²) in [7, 11) is 0. The van der Waals surface area contributed by atoms with Gasteiger partial charge in [-0.2, -0.15) is 10.2 Å². The molecule has 1 aliphatic rings. The summed E-state index contributed by atoms with van der Waals surface area (Å²) in [6.45, 7) is 0. The molecule has 0 aliphatic carbocycles. The van der Waals surface area contributed by atoms with Gasteiger partial charge in [-0.25, -0.2) is 0 Å². The van der Waals surface area contributed by atoms with E-state index in [1.807, 2.05) is 6.07 Å². The van der Waals surface area contributed by atoms with Crippen LogP contribution >= 0.6 is 11.9 Å². The van der Waals surface area contributed by atoms with Gasteiger partial charge < -0.3 is 4.72 Å². The number of nitrogens with one attached hydrogen (secondary N) is 1. The first-order valence-electron chi connectivity index (χ1n) is 3.16. The molecule has 0 bridgehead atoms. The normalized spacial score (nSPS) is 15.8. The Kier molecular flexibility index (Phi) is 1.72. The first kappa shape index (κ1) is 6.60. The van der Waals surface area contributed by atoms with Crippen LogP contribution in [-0.2, 0) is 0 Å². The summed E-state index contributed by atoms with van der Waals surface area (Å²) < 4.78 is 3.07. The molecule has 1 N–H and O–H groups in total. The van der Waals surface area contributed by atoms with Gasteiger partial charge in [0.25, 0.3) is 0 Å². The minimum absolute atomic E-state index is 0.775. The van der Waals surface area contributed by atoms with Crippen LogP contribution in [-0.4, -0.2) is 21.9 Å². The SMILES string of the molecule is c1cc(C2=NCSN2)cnn1. The smallest absolute Gasteiger partial charge is 0.140 e. The Balaban J connectivity index is 2.29. The van der Waals surface area contributed by atoms with Crippen molar-refractivity contribution in [3.8, 4) is 0 Å². The summed E-state index contributed by atoms with van der Waals surface area (Å²) in [6.07, 6.45) is 3.35. The predicted molar refractivity (Wildman–Crippen MR) is 44.2 cm³/mol. The minimum Gasteiger partial charge on any atom is -0.313 e. The van der Waals surface area contributed by atoms with Gasteiger partial charge in [0.05, 0.1) is 12.4 Å². The van der Waals surface area contributed by atoms with Crippen LogP contribution in [0, 0.1) is 0 Å². The number of aromatic nitrogens is 2. The largest absolute Gasteiger partial charge is 0.313 e. The second kappa shape index (κ2) is 2.87. The van der Waals surface area contributed by atoms with Crippen molar-refractivity contribution in [3.05, 3.63) is 24.0 Å². The molecule has 56 valence electrons. The molecule has 1 aromatic rings. The van der Waals surface area contributed by atoms with E-state index in [9.17, 15) is 0 Å². The zero-order valence-corrected chi connectivity index (χ0v) is 6.51. The Morgan fingerprint density at radius 1 is 1.45 bits per heavy atom. The van der Waals surface area contributed by atoms with Crippen molar-refractivity contribution < 1.29 is 0 Å². The van der Waals surface area contributed by atoms with E-state index in [2.05, 4.69) is 19.9 Å². The highest BCUT2D eigenvalue weighted by Gasteiger charge is 2.07. The van der Waals surface area contributed by atoms with Gasteiger partial charge in [0.2, 0.25) is 0 Å². The van der Waals surface area contributed by atoms with E-state index in [0.29, 0.717) is 0 Å². The van der Waals surface area contributed by atoms with Gasteiger partial charge in [0.1, 0.15) is 11.7 Å². The van der Waals surface area contributed by atoms with Crippen molar-refractivity contribution in [1.29, 1.82) is 0 Å². The minimum atomic E-state index is 0.775. The Hall–Kier alpha value is -1.10. The molecule has 0 fully saturated rings.